The van der Waals surface area contributed by atoms with Gasteiger partial charge in [-0.15, -0.1) is 0 Å². The molecule has 0 spiro atoms. The second kappa shape index (κ2) is 6.89. The number of hydrogen-bond donors (Lipinski definition) is 2. The molecule has 0 aromatic heterocycles. The molecule has 0 aliphatic rings. The first kappa shape index (κ1) is 16.7. The van der Waals surface area contributed by atoms with Crippen molar-refractivity contribution in [2.24, 2.45) is 23.0 Å². The zero-order chi connectivity index (χ0) is 15.3. The summed E-state index contributed by atoms with van der Waals surface area (Å²) in [6.07, 6.45) is 0. The maximum absolute atomic E-state index is 12.2. The predicted octanol–water partition coefficient (Wildman–Crippen LogP) is 3.12. The van der Waals surface area contributed by atoms with Crippen LogP contribution >= 0.6 is 0 Å². The van der Waals surface area contributed by atoms with Crippen molar-refractivity contribution < 1.29 is 4.79 Å². The summed E-state index contributed by atoms with van der Waals surface area (Å²) in [5, 5.41) is 3.04. The number of nitrogens with one attached hydrogen (secondary N) is 1. The van der Waals surface area contributed by atoms with Crippen molar-refractivity contribution in [2.45, 2.75) is 40.7 Å². The van der Waals surface area contributed by atoms with E-state index in [-0.39, 0.29) is 23.3 Å². The number of hydrogen-bond acceptors (Lipinski definition) is 2. The van der Waals surface area contributed by atoms with E-state index in [9.17, 15) is 4.79 Å². The van der Waals surface area contributed by atoms with Gasteiger partial charge in [0.05, 0.1) is 5.92 Å². The molecule has 0 bridgehead atoms. The third kappa shape index (κ3) is 4.34. The van der Waals surface area contributed by atoms with Crippen molar-refractivity contribution >= 4 is 5.91 Å². The van der Waals surface area contributed by atoms with Crippen molar-refractivity contribution in [3.63, 3.8) is 0 Å². The lowest BCUT2D eigenvalue weighted by molar-refractivity contribution is -0.125. The second-order valence-corrected chi connectivity index (χ2v) is 6.59. The van der Waals surface area contributed by atoms with Crippen LogP contribution in [0.3, 0.4) is 0 Å². The number of nitrogens with two attached hydrogens (primary N) is 1. The van der Waals surface area contributed by atoms with Crippen molar-refractivity contribution in [2.75, 3.05) is 6.54 Å². The third-order valence-corrected chi connectivity index (χ3v) is 4.42. The minimum Gasteiger partial charge on any atom is -0.355 e. The van der Waals surface area contributed by atoms with E-state index in [2.05, 4.69) is 33.0 Å². The maximum atomic E-state index is 12.2. The molecule has 0 saturated carbocycles. The lowest BCUT2D eigenvalue weighted by Gasteiger charge is -2.30. The van der Waals surface area contributed by atoms with Gasteiger partial charge in [-0.25, -0.2) is 0 Å². The van der Waals surface area contributed by atoms with Crippen LogP contribution in [0.4, 0.5) is 0 Å². The molecule has 20 heavy (non-hydrogen) atoms. The molecule has 1 rings (SSSR count). The molecule has 1 amide bonds. The fourth-order valence-corrected chi connectivity index (χ4v) is 1.81. The van der Waals surface area contributed by atoms with Crippen molar-refractivity contribution in [1.29, 1.82) is 0 Å². The zero-order valence-electron chi connectivity index (χ0n) is 13.3. The van der Waals surface area contributed by atoms with E-state index >= 15 is 0 Å². The molecule has 0 radical (unpaired) electrons. The van der Waals surface area contributed by atoms with Gasteiger partial charge in [0.2, 0.25) is 5.91 Å². The van der Waals surface area contributed by atoms with Crippen LogP contribution in [0.2, 0.25) is 0 Å². The summed E-state index contributed by atoms with van der Waals surface area (Å²) in [7, 11) is 0. The summed E-state index contributed by atoms with van der Waals surface area (Å²) in [5.41, 5.74) is 7.27. The Labute approximate surface area is 122 Å². The Morgan fingerprint density at radius 2 is 1.75 bits per heavy atom. The van der Waals surface area contributed by atoms with Gasteiger partial charge < -0.3 is 11.1 Å². The molecule has 1 aromatic rings. The second-order valence-electron chi connectivity index (χ2n) is 6.59. The van der Waals surface area contributed by atoms with Crippen LogP contribution in [0.25, 0.3) is 0 Å². The van der Waals surface area contributed by atoms with Gasteiger partial charge >= 0.3 is 0 Å². The van der Waals surface area contributed by atoms with E-state index < -0.39 is 0 Å². The van der Waals surface area contributed by atoms with Gasteiger partial charge in [-0.05, 0) is 16.9 Å². The van der Waals surface area contributed by atoms with Crippen molar-refractivity contribution in [3.8, 4) is 0 Å². The van der Waals surface area contributed by atoms with Crippen LogP contribution in [0.5, 0.6) is 0 Å². The summed E-state index contributed by atoms with van der Waals surface area (Å²) in [6, 6.07) is 9.51. The Bertz CT molecular complexity index is 426. The summed E-state index contributed by atoms with van der Waals surface area (Å²) in [6.45, 7) is 11.2. The number of amides is 1. The van der Waals surface area contributed by atoms with Crippen LogP contribution < -0.4 is 11.1 Å². The third-order valence-electron chi connectivity index (χ3n) is 4.42. The fourth-order valence-electron chi connectivity index (χ4n) is 1.81. The van der Waals surface area contributed by atoms with Crippen molar-refractivity contribution in [1.82, 2.24) is 5.32 Å². The Morgan fingerprint density at radius 1 is 1.20 bits per heavy atom. The molecule has 0 aliphatic heterocycles. The van der Waals surface area contributed by atoms with E-state index in [1.165, 1.54) is 0 Å². The molecular formula is C17H28N2O. The summed E-state index contributed by atoms with van der Waals surface area (Å²) < 4.78 is 0. The van der Waals surface area contributed by atoms with E-state index in [4.69, 9.17) is 5.73 Å². The average molecular weight is 276 g/mol. The van der Waals surface area contributed by atoms with Gasteiger partial charge in [-0.1, -0.05) is 65.0 Å². The number of carbonyl (C=O) groups is 1. The zero-order valence-corrected chi connectivity index (χ0v) is 13.3. The molecule has 3 nitrogen and oxygen atoms in total. The highest BCUT2D eigenvalue weighted by molar-refractivity contribution is 5.79. The van der Waals surface area contributed by atoms with Crippen LogP contribution in [-0.4, -0.2) is 12.5 Å². The summed E-state index contributed by atoms with van der Waals surface area (Å²) >= 11 is 0. The monoisotopic (exact) mass is 276 g/mol. The van der Waals surface area contributed by atoms with Crippen LogP contribution in [0, 0.1) is 17.3 Å². The highest BCUT2D eigenvalue weighted by Gasteiger charge is 2.26. The minimum absolute atomic E-state index is 0.0232. The van der Waals surface area contributed by atoms with Crippen LogP contribution in [0.15, 0.2) is 30.3 Å². The van der Waals surface area contributed by atoms with Gasteiger partial charge in [-0.3, -0.25) is 4.79 Å². The smallest absolute Gasteiger partial charge is 0.224 e. The first-order valence-corrected chi connectivity index (χ1v) is 7.34. The van der Waals surface area contributed by atoms with Gasteiger partial charge in [0.1, 0.15) is 0 Å². The fraction of sp³-hybridized carbons (Fsp3) is 0.588. The normalized spacial score (nSPS) is 14.9. The number of carbonyl (C=O) groups excluding carboxylic acids is 1. The van der Waals surface area contributed by atoms with Gasteiger partial charge in [0.15, 0.2) is 0 Å². The predicted molar refractivity (Wildman–Crippen MR) is 84.2 cm³/mol. The lowest BCUT2D eigenvalue weighted by atomic mass is 9.81. The van der Waals surface area contributed by atoms with Gasteiger partial charge in [0.25, 0.3) is 0 Å². The van der Waals surface area contributed by atoms with Crippen LogP contribution in [0.1, 0.15) is 46.2 Å². The average Bonchev–Trinajstić information content (AvgIpc) is 2.44. The van der Waals surface area contributed by atoms with E-state index in [1.54, 1.807) is 0 Å². The van der Waals surface area contributed by atoms with Crippen LogP contribution in [-0.2, 0) is 4.79 Å². The molecule has 0 saturated heterocycles. The summed E-state index contributed by atoms with van der Waals surface area (Å²) in [5.74, 6) is 0.302. The number of benzene rings is 1. The van der Waals surface area contributed by atoms with Gasteiger partial charge in [-0.2, -0.15) is 0 Å². The highest BCUT2D eigenvalue weighted by Crippen LogP contribution is 2.25. The Balaban J connectivity index is 2.60. The van der Waals surface area contributed by atoms with E-state index in [0.29, 0.717) is 12.5 Å². The number of rotatable bonds is 6. The summed E-state index contributed by atoms with van der Waals surface area (Å²) in [4.78, 5) is 12.2. The molecule has 0 aliphatic carbocycles. The molecule has 1 aromatic carbocycles. The standard InChI is InChI=1S/C17H28N2O/c1-12(2)17(4,5)11-19-16(20)13(3)15(18)14-9-7-6-8-10-14/h6-10,12-13,15H,11,18H2,1-5H3,(H,19,20). The molecular weight excluding hydrogens is 248 g/mol. The van der Waals surface area contributed by atoms with Crippen molar-refractivity contribution in [3.05, 3.63) is 35.9 Å². The quantitative estimate of drug-likeness (QED) is 0.838. The largest absolute Gasteiger partial charge is 0.355 e. The highest BCUT2D eigenvalue weighted by atomic mass is 16.1. The molecule has 2 atom stereocenters. The molecule has 3 N–H and O–H groups in total. The Hall–Kier alpha value is -1.35. The molecule has 3 heteroatoms. The SMILES string of the molecule is CC(C(=O)NCC(C)(C)C(C)C)C(N)c1ccccc1. The first-order valence-electron chi connectivity index (χ1n) is 7.34. The molecule has 0 heterocycles. The molecule has 0 fully saturated rings. The Kier molecular flexibility index (Phi) is 5.75. The first-order chi connectivity index (χ1) is 9.25. The molecule has 112 valence electrons. The maximum Gasteiger partial charge on any atom is 0.224 e. The topological polar surface area (TPSA) is 55.1 Å². The lowest BCUT2D eigenvalue weighted by Crippen LogP contribution is -2.41. The van der Waals surface area contributed by atoms with E-state index in [1.807, 2.05) is 37.3 Å². The van der Waals surface area contributed by atoms with Gasteiger partial charge in [0, 0.05) is 12.6 Å². The molecule has 2 unspecified atom stereocenters. The van der Waals surface area contributed by atoms with E-state index in [0.717, 1.165) is 5.56 Å². The Morgan fingerprint density at radius 3 is 2.25 bits per heavy atom. The minimum atomic E-state index is -0.265.